The van der Waals surface area contributed by atoms with E-state index in [1.54, 1.807) is 7.05 Å². The van der Waals surface area contributed by atoms with E-state index in [0.717, 1.165) is 19.3 Å². The zero-order chi connectivity index (χ0) is 13.2. The standard InChI is InChI=1S/C12H24N2O3/c1-12(2,3)17-11(16)14(4)9-7-5-6-8(13)10(9)15/h8-10,15H,5-7,13H2,1-4H3/t8-,9?,10-/m0/s1. The topological polar surface area (TPSA) is 75.8 Å². The molecule has 17 heavy (non-hydrogen) atoms. The van der Waals surface area contributed by atoms with Crippen molar-refractivity contribution in [3.05, 3.63) is 0 Å². The van der Waals surface area contributed by atoms with Crippen molar-refractivity contribution in [1.82, 2.24) is 4.90 Å². The van der Waals surface area contributed by atoms with E-state index in [1.807, 2.05) is 20.8 Å². The Hall–Kier alpha value is -0.810. The molecule has 0 bridgehead atoms. The van der Waals surface area contributed by atoms with Crippen molar-refractivity contribution < 1.29 is 14.6 Å². The van der Waals surface area contributed by atoms with E-state index in [9.17, 15) is 9.90 Å². The van der Waals surface area contributed by atoms with E-state index in [0.29, 0.717) is 0 Å². The third-order valence-electron chi connectivity index (χ3n) is 3.05. The average molecular weight is 244 g/mol. The lowest BCUT2D eigenvalue weighted by atomic mass is 9.88. The van der Waals surface area contributed by atoms with Gasteiger partial charge in [0.2, 0.25) is 0 Å². The fourth-order valence-corrected chi connectivity index (χ4v) is 2.08. The molecule has 1 aliphatic carbocycles. The molecule has 3 N–H and O–H groups in total. The Bertz CT molecular complexity index is 275. The average Bonchev–Trinajstić information content (AvgIpc) is 2.18. The minimum atomic E-state index is -0.665. The number of ether oxygens (including phenoxy) is 1. The van der Waals surface area contributed by atoms with Gasteiger partial charge in [0, 0.05) is 13.1 Å². The number of amides is 1. The van der Waals surface area contributed by atoms with Crippen LogP contribution in [0.15, 0.2) is 0 Å². The number of rotatable bonds is 1. The van der Waals surface area contributed by atoms with Crippen LogP contribution < -0.4 is 5.73 Å². The molecule has 0 radical (unpaired) electrons. The largest absolute Gasteiger partial charge is 0.444 e. The van der Waals surface area contributed by atoms with Gasteiger partial charge in [0.25, 0.3) is 0 Å². The number of carbonyl (C=O) groups is 1. The zero-order valence-electron chi connectivity index (χ0n) is 11.1. The molecule has 0 saturated heterocycles. The summed E-state index contributed by atoms with van der Waals surface area (Å²) in [7, 11) is 1.65. The first-order valence-electron chi connectivity index (χ1n) is 6.12. The minimum Gasteiger partial charge on any atom is -0.444 e. The second kappa shape index (κ2) is 5.23. The Morgan fingerprint density at radius 3 is 2.53 bits per heavy atom. The monoisotopic (exact) mass is 244 g/mol. The van der Waals surface area contributed by atoms with Gasteiger partial charge in [-0.1, -0.05) is 0 Å². The predicted octanol–water partition coefficient (Wildman–Crippen LogP) is 1.09. The van der Waals surface area contributed by atoms with Crippen molar-refractivity contribution in [2.45, 2.75) is 63.8 Å². The molecule has 0 aliphatic heterocycles. The van der Waals surface area contributed by atoms with Crippen LogP contribution >= 0.6 is 0 Å². The quantitative estimate of drug-likeness (QED) is 0.724. The van der Waals surface area contributed by atoms with Crippen LogP contribution in [0, 0.1) is 0 Å². The summed E-state index contributed by atoms with van der Waals surface area (Å²) in [4.78, 5) is 13.3. The molecule has 0 heterocycles. The van der Waals surface area contributed by atoms with Crippen LogP contribution in [0.4, 0.5) is 4.79 Å². The summed E-state index contributed by atoms with van der Waals surface area (Å²) in [5, 5.41) is 9.98. The summed E-state index contributed by atoms with van der Waals surface area (Å²) in [5.74, 6) is 0. The third-order valence-corrected chi connectivity index (χ3v) is 3.05. The zero-order valence-corrected chi connectivity index (χ0v) is 11.1. The number of nitrogens with two attached hydrogens (primary N) is 1. The summed E-state index contributed by atoms with van der Waals surface area (Å²) in [6, 6.07) is -0.493. The van der Waals surface area contributed by atoms with E-state index >= 15 is 0 Å². The fraction of sp³-hybridized carbons (Fsp3) is 0.917. The molecular weight excluding hydrogens is 220 g/mol. The van der Waals surface area contributed by atoms with Crippen molar-refractivity contribution in [2.24, 2.45) is 5.73 Å². The molecular formula is C12H24N2O3. The van der Waals surface area contributed by atoms with Gasteiger partial charge in [0.15, 0.2) is 0 Å². The Kier molecular flexibility index (Phi) is 4.38. The first-order valence-corrected chi connectivity index (χ1v) is 6.12. The van der Waals surface area contributed by atoms with E-state index < -0.39 is 17.8 Å². The van der Waals surface area contributed by atoms with Crippen LogP contribution in [0.25, 0.3) is 0 Å². The van der Waals surface area contributed by atoms with Crippen LogP contribution in [0.1, 0.15) is 40.0 Å². The minimum absolute atomic E-state index is 0.242. The molecule has 1 fully saturated rings. The number of aliphatic hydroxyl groups excluding tert-OH is 1. The van der Waals surface area contributed by atoms with Gasteiger partial charge < -0.3 is 20.5 Å². The first-order chi connectivity index (χ1) is 7.72. The van der Waals surface area contributed by atoms with Crippen LogP contribution in [-0.4, -0.2) is 46.9 Å². The van der Waals surface area contributed by atoms with Crippen molar-refractivity contribution in [3.8, 4) is 0 Å². The molecule has 1 aliphatic rings. The molecule has 5 nitrogen and oxygen atoms in total. The molecule has 0 aromatic heterocycles. The highest BCUT2D eigenvalue weighted by Gasteiger charge is 2.35. The predicted molar refractivity (Wildman–Crippen MR) is 65.6 cm³/mol. The SMILES string of the molecule is CN(C(=O)OC(C)(C)C)C1CCC[C@H](N)[C@@H]1O. The van der Waals surface area contributed by atoms with E-state index in [1.165, 1.54) is 4.90 Å². The summed E-state index contributed by atoms with van der Waals surface area (Å²) < 4.78 is 5.27. The maximum absolute atomic E-state index is 11.9. The number of aliphatic hydroxyl groups is 1. The highest BCUT2D eigenvalue weighted by molar-refractivity contribution is 5.68. The van der Waals surface area contributed by atoms with Crippen molar-refractivity contribution in [2.75, 3.05) is 7.05 Å². The molecule has 1 saturated carbocycles. The lowest BCUT2D eigenvalue weighted by molar-refractivity contribution is -0.0139. The Morgan fingerprint density at radius 2 is 2.00 bits per heavy atom. The number of likely N-dealkylation sites (N-methyl/N-ethyl adjacent to an activating group) is 1. The summed E-state index contributed by atoms with van der Waals surface area (Å²) in [6.07, 6.45) is 1.43. The second-order valence-corrected chi connectivity index (χ2v) is 5.74. The van der Waals surface area contributed by atoms with E-state index in [2.05, 4.69) is 0 Å². The van der Waals surface area contributed by atoms with Crippen molar-refractivity contribution >= 4 is 6.09 Å². The third kappa shape index (κ3) is 3.85. The summed E-state index contributed by atoms with van der Waals surface area (Å²) in [5.41, 5.74) is 5.28. The molecule has 100 valence electrons. The second-order valence-electron chi connectivity index (χ2n) is 5.74. The Labute approximate surface area is 103 Å². The normalized spacial score (nSPS) is 29.9. The summed E-state index contributed by atoms with van der Waals surface area (Å²) >= 11 is 0. The number of hydrogen-bond acceptors (Lipinski definition) is 4. The Balaban J connectivity index is 2.62. The van der Waals surface area contributed by atoms with Crippen LogP contribution in [0.3, 0.4) is 0 Å². The van der Waals surface area contributed by atoms with Crippen LogP contribution in [0.5, 0.6) is 0 Å². The smallest absolute Gasteiger partial charge is 0.410 e. The van der Waals surface area contributed by atoms with E-state index in [-0.39, 0.29) is 12.1 Å². The molecule has 5 heteroatoms. The first kappa shape index (κ1) is 14.3. The molecule has 1 amide bonds. The number of nitrogens with zero attached hydrogens (tertiary/aromatic N) is 1. The van der Waals surface area contributed by atoms with Gasteiger partial charge in [-0.05, 0) is 40.0 Å². The maximum Gasteiger partial charge on any atom is 0.410 e. The van der Waals surface area contributed by atoms with Gasteiger partial charge in [-0.2, -0.15) is 0 Å². The van der Waals surface area contributed by atoms with E-state index in [4.69, 9.17) is 10.5 Å². The van der Waals surface area contributed by atoms with Gasteiger partial charge in [0.1, 0.15) is 5.60 Å². The molecule has 3 atom stereocenters. The fourth-order valence-electron chi connectivity index (χ4n) is 2.08. The summed E-state index contributed by atoms with van der Waals surface area (Å²) in [6.45, 7) is 5.46. The molecule has 0 aromatic rings. The van der Waals surface area contributed by atoms with Crippen molar-refractivity contribution in [3.63, 3.8) is 0 Å². The number of hydrogen-bond donors (Lipinski definition) is 2. The van der Waals surface area contributed by atoms with Gasteiger partial charge >= 0.3 is 6.09 Å². The lowest BCUT2D eigenvalue weighted by Gasteiger charge is -2.38. The molecule has 0 spiro atoms. The van der Waals surface area contributed by atoms with Crippen LogP contribution in [0.2, 0.25) is 0 Å². The van der Waals surface area contributed by atoms with Crippen LogP contribution in [-0.2, 0) is 4.74 Å². The molecule has 1 unspecified atom stereocenters. The highest BCUT2D eigenvalue weighted by Crippen LogP contribution is 2.23. The highest BCUT2D eigenvalue weighted by atomic mass is 16.6. The van der Waals surface area contributed by atoms with Crippen molar-refractivity contribution in [1.29, 1.82) is 0 Å². The molecule has 1 rings (SSSR count). The van der Waals surface area contributed by atoms with Gasteiger partial charge in [-0.3, -0.25) is 0 Å². The van der Waals surface area contributed by atoms with Gasteiger partial charge in [-0.25, -0.2) is 4.79 Å². The molecule has 0 aromatic carbocycles. The number of carbonyl (C=O) groups excluding carboxylic acids is 1. The lowest BCUT2D eigenvalue weighted by Crippen LogP contribution is -2.55. The van der Waals surface area contributed by atoms with Gasteiger partial charge in [-0.15, -0.1) is 0 Å². The Morgan fingerprint density at radius 1 is 1.41 bits per heavy atom. The van der Waals surface area contributed by atoms with Gasteiger partial charge in [0.05, 0.1) is 12.1 Å². The maximum atomic E-state index is 11.9.